The summed E-state index contributed by atoms with van der Waals surface area (Å²) in [4.78, 5) is 52.9. The maximum absolute atomic E-state index is 12.9. The molecule has 0 aliphatic heterocycles. The number of carbonyl (C=O) groups is 4. The molecular weight excluding hydrogens is 450 g/mol. The molecule has 0 aliphatic rings. The lowest BCUT2D eigenvalue weighted by atomic mass is 9.99. The number of para-hydroxylation sites is 1. The predicted octanol–water partition coefficient (Wildman–Crippen LogP) is 3.03. The van der Waals surface area contributed by atoms with Gasteiger partial charge in [0, 0.05) is 23.5 Å². The molecule has 0 saturated carbocycles. The maximum atomic E-state index is 12.9. The molecule has 3 rings (SSSR count). The summed E-state index contributed by atoms with van der Waals surface area (Å²) in [6.07, 6.45) is 0.702. The molecule has 35 heavy (non-hydrogen) atoms. The van der Waals surface area contributed by atoms with Crippen LogP contribution >= 0.6 is 0 Å². The van der Waals surface area contributed by atoms with E-state index in [2.05, 4.69) is 15.6 Å². The number of fused-ring (bicyclic) bond motifs is 1. The van der Waals surface area contributed by atoms with E-state index in [1.54, 1.807) is 13.1 Å². The standard InChI is InChI=1S/C26H29N3O6/c1-3-34-24(31)14-23(30)22(13-19-15-27-21-12-8-7-11-20(19)21)29-25(32)17(2)28-26(33)35-16-18-9-5-4-6-10-18/h4-12,15,17,22,27H,3,13-14,16H2,1-2H3,(H,28,33)(H,29,32)/t17-,22?/m0/s1. The van der Waals surface area contributed by atoms with Crippen molar-refractivity contribution in [3.8, 4) is 0 Å². The molecule has 2 atom stereocenters. The zero-order chi connectivity index (χ0) is 25.2. The van der Waals surface area contributed by atoms with Gasteiger partial charge >= 0.3 is 12.1 Å². The number of rotatable bonds is 11. The number of esters is 1. The number of amides is 2. The van der Waals surface area contributed by atoms with Crippen molar-refractivity contribution in [2.24, 2.45) is 0 Å². The topological polar surface area (TPSA) is 127 Å². The number of ketones is 1. The van der Waals surface area contributed by atoms with Crippen molar-refractivity contribution in [1.29, 1.82) is 0 Å². The van der Waals surface area contributed by atoms with Gasteiger partial charge in [0.05, 0.1) is 12.6 Å². The molecule has 0 bridgehead atoms. The van der Waals surface area contributed by atoms with Gasteiger partial charge < -0.3 is 25.1 Å². The molecule has 3 aromatic rings. The number of ether oxygens (including phenoxy) is 2. The molecule has 0 saturated heterocycles. The number of alkyl carbamates (subject to hydrolysis) is 1. The fourth-order valence-electron chi connectivity index (χ4n) is 3.55. The highest BCUT2D eigenvalue weighted by molar-refractivity contribution is 6.01. The van der Waals surface area contributed by atoms with Crippen LogP contribution in [0.2, 0.25) is 0 Å². The quantitative estimate of drug-likeness (QED) is 0.287. The Morgan fingerprint density at radius 2 is 1.66 bits per heavy atom. The van der Waals surface area contributed by atoms with Crippen LogP contribution in [0.15, 0.2) is 60.8 Å². The van der Waals surface area contributed by atoms with Crippen molar-refractivity contribution >= 4 is 34.7 Å². The number of carbonyl (C=O) groups excluding carboxylic acids is 4. The SMILES string of the molecule is CCOC(=O)CC(=O)C(Cc1c[nH]c2ccccc12)NC(=O)[C@H](C)NC(=O)OCc1ccccc1. The summed E-state index contributed by atoms with van der Waals surface area (Å²) in [5.74, 6) is -1.73. The minimum Gasteiger partial charge on any atom is -0.466 e. The van der Waals surface area contributed by atoms with E-state index < -0.39 is 42.3 Å². The van der Waals surface area contributed by atoms with E-state index in [9.17, 15) is 19.2 Å². The lowest BCUT2D eigenvalue weighted by Gasteiger charge is -2.20. The van der Waals surface area contributed by atoms with Crippen LogP contribution in [0.3, 0.4) is 0 Å². The largest absolute Gasteiger partial charge is 0.466 e. The van der Waals surface area contributed by atoms with Gasteiger partial charge in [-0.15, -0.1) is 0 Å². The fraction of sp³-hybridized carbons (Fsp3) is 0.308. The van der Waals surface area contributed by atoms with Crippen molar-refractivity contribution < 1.29 is 28.7 Å². The molecule has 2 aromatic carbocycles. The zero-order valence-electron chi connectivity index (χ0n) is 19.7. The van der Waals surface area contributed by atoms with Crippen molar-refractivity contribution in [3.05, 3.63) is 71.9 Å². The van der Waals surface area contributed by atoms with E-state index in [0.29, 0.717) is 0 Å². The van der Waals surface area contributed by atoms with Crippen LogP contribution in [0.25, 0.3) is 10.9 Å². The third-order valence-corrected chi connectivity index (χ3v) is 5.37. The Bertz CT molecular complexity index is 1170. The van der Waals surface area contributed by atoms with E-state index in [4.69, 9.17) is 9.47 Å². The fourth-order valence-corrected chi connectivity index (χ4v) is 3.55. The normalized spacial score (nSPS) is 12.4. The van der Waals surface area contributed by atoms with E-state index in [0.717, 1.165) is 22.0 Å². The van der Waals surface area contributed by atoms with Gasteiger partial charge in [0.1, 0.15) is 19.1 Å². The summed E-state index contributed by atoms with van der Waals surface area (Å²) in [5.41, 5.74) is 2.51. The second kappa shape index (κ2) is 12.4. The molecule has 184 valence electrons. The van der Waals surface area contributed by atoms with Crippen LogP contribution in [0.4, 0.5) is 4.79 Å². The van der Waals surface area contributed by atoms with Crippen molar-refractivity contribution in [1.82, 2.24) is 15.6 Å². The Morgan fingerprint density at radius 3 is 2.40 bits per heavy atom. The first-order valence-electron chi connectivity index (χ1n) is 11.4. The first-order valence-corrected chi connectivity index (χ1v) is 11.4. The third-order valence-electron chi connectivity index (χ3n) is 5.37. The van der Waals surface area contributed by atoms with Gasteiger partial charge in [-0.2, -0.15) is 0 Å². The van der Waals surface area contributed by atoms with Crippen molar-refractivity contribution in [2.45, 2.75) is 45.4 Å². The minimum atomic E-state index is -0.990. The van der Waals surface area contributed by atoms with Gasteiger partial charge in [0.25, 0.3) is 0 Å². The van der Waals surface area contributed by atoms with E-state index >= 15 is 0 Å². The van der Waals surface area contributed by atoms with Crippen LogP contribution in [-0.2, 0) is 36.9 Å². The molecule has 0 fully saturated rings. The van der Waals surface area contributed by atoms with E-state index in [-0.39, 0.29) is 19.6 Å². The molecule has 0 spiro atoms. The molecule has 1 aromatic heterocycles. The highest BCUT2D eigenvalue weighted by atomic mass is 16.5. The van der Waals surface area contributed by atoms with Crippen LogP contribution in [-0.4, -0.2) is 47.4 Å². The molecule has 0 radical (unpaired) electrons. The van der Waals surface area contributed by atoms with Gasteiger partial charge in [-0.25, -0.2) is 4.79 Å². The molecule has 9 nitrogen and oxygen atoms in total. The molecule has 1 unspecified atom stereocenters. The second-order valence-electron chi connectivity index (χ2n) is 8.00. The van der Waals surface area contributed by atoms with Crippen LogP contribution in [0.5, 0.6) is 0 Å². The molecule has 2 amide bonds. The number of Topliss-reactive ketones (excluding diaryl/α,β-unsaturated/α-hetero) is 1. The monoisotopic (exact) mass is 479 g/mol. The average molecular weight is 480 g/mol. The summed E-state index contributed by atoms with van der Waals surface area (Å²) < 4.78 is 10.0. The Labute approximate surface area is 203 Å². The lowest BCUT2D eigenvalue weighted by molar-refractivity contribution is -0.146. The van der Waals surface area contributed by atoms with Gasteiger partial charge in [0.2, 0.25) is 5.91 Å². The summed E-state index contributed by atoms with van der Waals surface area (Å²) in [6, 6.07) is 14.7. The van der Waals surface area contributed by atoms with Crippen LogP contribution in [0.1, 0.15) is 31.4 Å². The number of aromatic amines is 1. The van der Waals surface area contributed by atoms with Gasteiger partial charge in [-0.3, -0.25) is 14.4 Å². The number of aromatic nitrogens is 1. The number of nitrogens with one attached hydrogen (secondary N) is 3. The highest BCUT2D eigenvalue weighted by Crippen LogP contribution is 2.19. The Hall–Kier alpha value is -4.14. The minimum absolute atomic E-state index is 0.0578. The van der Waals surface area contributed by atoms with E-state index in [1.807, 2.05) is 54.6 Å². The average Bonchev–Trinajstić information content (AvgIpc) is 3.25. The number of H-pyrrole nitrogens is 1. The molecular formula is C26H29N3O6. The summed E-state index contributed by atoms with van der Waals surface area (Å²) in [5, 5.41) is 6.04. The molecule has 9 heteroatoms. The Kier molecular flexibility index (Phi) is 9.00. The van der Waals surface area contributed by atoms with Crippen molar-refractivity contribution in [2.75, 3.05) is 6.61 Å². The van der Waals surface area contributed by atoms with Gasteiger partial charge in [-0.1, -0.05) is 48.5 Å². The summed E-state index contributed by atoms with van der Waals surface area (Å²) >= 11 is 0. The Morgan fingerprint density at radius 1 is 0.943 bits per heavy atom. The molecule has 1 heterocycles. The Balaban J connectivity index is 1.64. The van der Waals surface area contributed by atoms with Gasteiger partial charge in [0.15, 0.2) is 5.78 Å². The van der Waals surface area contributed by atoms with Crippen LogP contribution < -0.4 is 10.6 Å². The molecule has 3 N–H and O–H groups in total. The predicted molar refractivity (Wildman–Crippen MR) is 129 cm³/mol. The lowest BCUT2D eigenvalue weighted by Crippen LogP contribution is -2.51. The highest BCUT2D eigenvalue weighted by Gasteiger charge is 2.27. The van der Waals surface area contributed by atoms with Crippen LogP contribution in [0, 0.1) is 0 Å². The second-order valence-corrected chi connectivity index (χ2v) is 8.00. The van der Waals surface area contributed by atoms with E-state index in [1.165, 1.54) is 6.92 Å². The number of hydrogen-bond acceptors (Lipinski definition) is 6. The summed E-state index contributed by atoms with van der Waals surface area (Å²) in [7, 11) is 0. The summed E-state index contributed by atoms with van der Waals surface area (Å²) in [6.45, 7) is 3.34. The smallest absolute Gasteiger partial charge is 0.408 e. The van der Waals surface area contributed by atoms with Crippen molar-refractivity contribution in [3.63, 3.8) is 0 Å². The zero-order valence-corrected chi connectivity index (χ0v) is 19.7. The molecule has 0 aliphatic carbocycles. The first-order chi connectivity index (χ1) is 16.9. The first kappa shape index (κ1) is 25.5. The number of hydrogen-bond donors (Lipinski definition) is 3. The number of benzene rings is 2. The maximum Gasteiger partial charge on any atom is 0.408 e. The van der Waals surface area contributed by atoms with Gasteiger partial charge in [-0.05, 0) is 31.0 Å². The third kappa shape index (κ3) is 7.43.